The summed E-state index contributed by atoms with van der Waals surface area (Å²) in [7, 11) is 0. The number of carbonyl (C=O) groups is 2. The second kappa shape index (κ2) is 9.92. The number of hydrogen-bond donors (Lipinski definition) is 4. The molecule has 2 aromatic heterocycles. The zero-order valence-electron chi connectivity index (χ0n) is 19.4. The maximum atomic E-state index is 12.5. The highest BCUT2D eigenvalue weighted by molar-refractivity contribution is 5.88. The fourth-order valence-electron chi connectivity index (χ4n) is 4.18. The highest BCUT2D eigenvalue weighted by Crippen LogP contribution is 2.29. The van der Waals surface area contributed by atoms with Gasteiger partial charge in [-0.1, -0.05) is 13.3 Å². The Bertz CT molecular complexity index is 1470. The van der Waals surface area contributed by atoms with E-state index in [4.69, 9.17) is 9.15 Å². The molecule has 0 fully saturated rings. The normalized spacial score (nSPS) is 12.1. The van der Waals surface area contributed by atoms with E-state index in [1.807, 2.05) is 6.92 Å². The number of hydrogen-bond acceptors (Lipinski definition) is 6. The maximum Gasteiger partial charge on any atom is 0.336 e. The quantitative estimate of drug-likeness (QED) is 0.270. The molecule has 0 aliphatic heterocycles. The Morgan fingerprint density at radius 1 is 1.14 bits per heavy atom. The number of aryl methyl sites for hydroxylation is 2. The molecule has 4 aromatic rings. The Balaban J connectivity index is 1.47. The molecule has 1 atom stereocenters. The predicted molar refractivity (Wildman–Crippen MR) is 130 cm³/mol. The van der Waals surface area contributed by atoms with Crippen LogP contribution in [0.3, 0.4) is 0 Å². The van der Waals surface area contributed by atoms with E-state index in [1.165, 1.54) is 18.2 Å². The zero-order chi connectivity index (χ0) is 25.1. The van der Waals surface area contributed by atoms with Crippen LogP contribution in [0.25, 0.3) is 21.9 Å². The maximum absolute atomic E-state index is 12.5. The molecular formula is C26H26N2O7. The molecule has 0 saturated heterocycles. The molecule has 0 aliphatic carbocycles. The molecular weight excluding hydrogens is 452 g/mol. The molecule has 4 N–H and O–H groups in total. The van der Waals surface area contributed by atoms with Crippen molar-refractivity contribution >= 4 is 33.7 Å². The summed E-state index contributed by atoms with van der Waals surface area (Å²) in [5.74, 6) is -1.38. The second-order valence-corrected chi connectivity index (χ2v) is 8.40. The number of rotatable bonds is 9. The summed E-state index contributed by atoms with van der Waals surface area (Å²) in [6, 6.07) is 8.54. The van der Waals surface area contributed by atoms with Crippen molar-refractivity contribution in [3.05, 3.63) is 69.7 Å². The van der Waals surface area contributed by atoms with Gasteiger partial charge in [0.25, 0.3) is 5.91 Å². The van der Waals surface area contributed by atoms with Crippen molar-refractivity contribution in [2.45, 2.75) is 39.2 Å². The van der Waals surface area contributed by atoms with Gasteiger partial charge < -0.3 is 29.7 Å². The summed E-state index contributed by atoms with van der Waals surface area (Å²) in [4.78, 5) is 39.3. The predicted octanol–water partition coefficient (Wildman–Crippen LogP) is 3.43. The summed E-state index contributed by atoms with van der Waals surface area (Å²) in [5.41, 5.74) is 2.82. The molecule has 0 bridgehead atoms. The Morgan fingerprint density at radius 2 is 1.94 bits per heavy atom. The number of ether oxygens (including phenoxy) is 1. The number of carboxylic acids is 1. The molecule has 1 amide bonds. The number of phenolic OH excluding ortho intramolecular Hbond substituents is 1. The van der Waals surface area contributed by atoms with Crippen LogP contribution in [0.2, 0.25) is 0 Å². The summed E-state index contributed by atoms with van der Waals surface area (Å²) in [6.45, 7) is 3.35. The summed E-state index contributed by atoms with van der Waals surface area (Å²) < 4.78 is 11.0. The summed E-state index contributed by atoms with van der Waals surface area (Å²) in [6.07, 6.45) is 3.28. The SMILES string of the molecule is CCCc1cc(=O)oc2c(C)c(OCC(=O)N[C@H](Cc3c[nH]c4ccc(O)cc34)C(=O)O)ccc12. The molecule has 0 unspecified atom stereocenters. The van der Waals surface area contributed by atoms with Gasteiger partial charge in [-0.15, -0.1) is 0 Å². The van der Waals surface area contributed by atoms with Crippen LogP contribution in [0.15, 0.2) is 51.8 Å². The summed E-state index contributed by atoms with van der Waals surface area (Å²) in [5, 5.41) is 23.4. The first-order valence-electron chi connectivity index (χ1n) is 11.3. The number of aromatic hydroxyl groups is 1. The van der Waals surface area contributed by atoms with Crippen molar-refractivity contribution in [1.29, 1.82) is 0 Å². The average molecular weight is 479 g/mol. The van der Waals surface area contributed by atoms with E-state index in [9.17, 15) is 24.6 Å². The van der Waals surface area contributed by atoms with Gasteiger partial charge in [0.05, 0.1) is 0 Å². The van der Waals surface area contributed by atoms with Gasteiger partial charge in [0.1, 0.15) is 23.1 Å². The lowest BCUT2D eigenvalue weighted by Gasteiger charge is -2.16. The monoisotopic (exact) mass is 478 g/mol. The van der Waals surface area contributed by atoms with Crippen LogP contribution in [-0.2, 0) is 22.4 Å². The van der Waals surface area contributed by atoms with Crippen LogP contribution < -0.4 is 15.7 Å². The van der Waals surface area contributed by atoms with E-state index in [0.29, 0.717) is 27.8 Å². The number of fused-ring (bicyclic) bond motifs is 2. The standard InChI is InChI=1S/C26H26N2O7/c1-3-4-15-10-24(31)35-25-14(2)22(8-6-18(15)25)34-13-23(30)28-21(26(32)33)9-16-12-27-20-7-5-17(29)11-19(16)20/h5-8,10-12,21,27,29H,3-4,9,13H2,1-2H3,(H,28,30)(H,32,33)/t21-/m1/s1. The highest BCUT2D eigenvalue weighted by atomic mass is 16.5. The van der Waals surface area contributed by atoms with Crippen LogP contribution in [0.4, 0.5) is 0 Å². The van der Waals surface area contributed by atoms with Crippen LogP contribution in [0, 0.1) is 6.92 Å². The highest BCUT2D eigenvalue weighted by Gasteiger charge is 2.22. The van der Waals surface area contributed by atoms with Crippen molar-refractivity contribution in [2.24, 2.45) is 0 Å². The number of phenols is 1. The lowest BCUT2D eigenvalue weighted by atomic mass is 10.0. The number of aromatic nitrogens is 1. The lowest BCUT2D eigenvalue weighted by Crippen LogP contribution is -2.44. The van der Waals surface area contributed by atoms with Gasteiger partial charge in [0.2, 0.25) is 0 Å². The largest absolute Gasteiger partial charge is 0.508 e. The molecule has 35 heavy (non-hydrogen) atoms. The number of carboxylic acid groups (broad SMARTS) is 1. The third-order valence-corrected chi connectivity index (χ3v) is 5.88. The first-order valence-corrected chi connectivity index (χ1v) is 11.3. The molecule has 0 radical (unpaired) electrons. The molecule has 4 rings (SSSR count). The average Bonchev–Trinajstić information content (AvgIpc) is 3.20. The molecule has 0 saturated carbocycles. The topological polar surface area (TPSA) is 142 Å². The Labute approximate surface area is 200 Å². The number of nitrogens with one attached hydrogen (secondary N) is 2. The van der Waals surface area contributed by atoms with Crippen LogP contribution in [0.5, 0.6) is 11.5 Å². The number of benzene rings is 2. The third-order valence-electron chi connectivity index (χ3n) is 5.88. The van der Waals surface area contributed by atoms with Gasteiger partial charge in [0.15, 0.2) is 6.61 Å². The van der Waals surface area contributed by atoms with E-state index in [1.54, 1.807) is 31.3 Å². The number of H-pyrrole nitrogens is 1. The fraction of sp³-hybridized carbons (Fsp3) is 0.269. The summed E-state index contributed by atoms with van der Waals surface area (Å²) >= 11 is 0. The Kier molecular flexibility index (Phi) is 6.77. The molecule has 2 heterocycles. The Morgan fingerprint density at radius 3 is 2.69 bits per heavy atom. The van der Waals surface area contributed by atoms with E-state index in [2.05, 4.69) is 10.3 Å². The first-order chi connectivity index (χ1) is 16.8. The number of amides is 1. The van der Waals surface area contributed by atoms with Crippen LogP contribution in [0.1, 0.15) is 30.0 Å². The van der Waals surface area contributed by atoms with Crippen molar-refractivity contribution < 1.29 is 29.0 Å². The number of aliphatic carboxylic acids is 1. The lowest BCUT2D eigenvalue weighted by molar-refractivity contribution is -0.142. The molecule has 9 heteroatoms. The van der Waals surface area contributed by atoms with Gasteiger partial charge >= 0.3 is 11.6 Å². The number of carbonyl (C=O) groups excluding carboxylic acids is 1. The zero-order valence-corrected chi connectivity index (χ0v) is 19.4. The fourth-order valence-corrected chi connectivity index (χ4v) is 4.18. The first kappa shape index (κ1) is 23.9. The Hall–Kier alpha value is -4.27. The molecule has 182 valence electrons. The minimum Gasteiger partial charge on any atom is -0.508 e. The molecule has 0 spiro atoms. The molecule has 2 aromatic carbocycles. The van der Waals surface area contributed by atoms with Gasteiger partial charge in [-0.2, -0.15) is 0 Å². The molecule has 9 nitrogen and oxygen atoms in total. The van der Waals surface area contributed by atoms with Crippen molar-refractivity contribution in [3.63, 3.8) is 0 Å². The van der Waals surface area contributed by atoms with Crippen LogP contribution >= 0.6 is 0 Å². The van der Waals surface area contributed by atoms with Gasteiger partial charge in [-0.05, 0) is 54.8 Å². The van der Waals surface area contributed by atoms with E-state index in [0.717, 1.165) is 29.3 Å². The van der Waals surface area contributed by atoms with Crippen molar-refractivity contribution in [1.82, 2.24) is 10.3 Å². The van der Waals surface area contributed by atoms with E-state index in [-0.39, 0.29) is 12.2 Å². The minimum atomic E-state index is -1.19. The minimum absolute atomic E-state index is 0.0187. The van der Waals surface area contributed by atoms with E-state index < -0.39 is 30.2 Å². The second-order valence-electron chi connectivity index (χ2n) is 8.40. The third kappa shape index (κ3) is 5.13. The van der Waals surface area contributed by atoms with Crippen molar-refractivity contribution in [3.8, 4) is 11.5 Å². The van der Waals surface area contributed by atoms with Gasteiger partial charge in [0, 0.05) is 40.5 Å². The van der Waals surface area contributed by atoms with E-state index >= 15 is 0 Å². The smallest absolute Gasteiger partial charge is 0.336 e. The molecule has 0 aliphatic rings. The van der Waals surface area contributed by atoms with Gasteiger partial charge in [-0.25, -0.2) is 9.59 Å². The van der Waals surface area contributed by atoms with Crippen LogP contribution in [-0.4, -0.2) is 39.7 Å². The van der Waals surface area contributed by atoms with Gasteiger partial charge in [-0.3, -0.25) is 4.79 Å². The van der Waals surface area contributed by atoms with Crippen molar-refractivity contribution in [2.75, 3.05) is 6.61 Å². The number of aromatic amines is 1.